The Morgan fingerprint density at radius 2 is 1.82 bits per heavy atom. The van der Waals surface area contributed by atoms with E-state index in [1.807, 2.05) is 0 Å². The number of carboxylic acid groups (broad SMARTS) is 1. The first-order valence-corrected chi connectivity index (χ1v) is 6.05. The molecular formula is C12H19NO4. The van der Waals surface area contributed by atoms with Crippen LogP contribution in [0.3, 0.4) is 0 Å². The van der Waals surface area contributed by atoms with Gasteiger partial charge in [-0.05, 0) is 12.3 Å². The summed E-state index contributed by atoms with van der Waals surface area (Å²) in [7, 11) is 0. The summed E-state index contributed by atoms with van der Waals surface area (Å²) in [6, 6.07) is -0.867. The van der Waals surface area contributed by atoms with Crippen LogP contribution in [-0.4, -0.2) is 28.8 Å². The molecule has 1 rings (SSSR count). The number of carboxylic acids is 1. The van der Waals surface area contributed by atoms with Gasteiger partial charge in [-0.2, -0.15) is 0 Å². The van der Waals surface area contributed by atoms with Crippen molar-refractivity contribution in [1.29, 1.82) is 0 Å². The first-order chi connectivity index (χ1) is 8.00. The first kappa shape index (κ1) is 13.7. The molecule has 0 aromatic carbocycles. The number of carbonyl (C=O) groups excluding carboxylic acids is 2. The Hall–Kier alpha value is -1.39. The van der Waals surface area contributed by atoms with Crippen molar-refractivity contribution >= 4 is 17.7 Å². The molecule has 2 N–H and O–H groups in total. The topological polar surface area (TPSA) is 83.5 Å². The summed E-state index contributed by atoms with van der Waals surface area (Å²) in [5, 5.41) is 11.1. The largest absolute Gasteiger partial charge is 0.475 e. The number of hydrogen-bond donors (Lipinski definition) is 2. The zero-order valence-electron chi connectivity index (χ0n) is 10.1. The van der Waals surface area contributed by atoms with Crippen LogP contribution in [-0.2, 0) is 14.4 Å². The van der Waals surface area contributed by atoms with Gasteiger partial charge in [0.05, 0.1) is 6.04 Å². The van der Waals surface area contributed by atoms with Crippen molar-refractivity contribution in [2.75, 3.05) is 0 Å². The second kappa shape index (κ2) is 6.37. The van der Waals surface area contributed by atoms with Gasteiger partial charge in [-0.1, -0.05) is 32.1 Å². The minimum atomic E-state index is -1.47. The Labute approximate surface area is 101 Å². The molecule has 17 heavy (non-hydrogen) atoms. The van der Waals surface area contributed by atoms with E-state index in [0.717, 1.165) is 25.7 Å². The van der Waals surface area contributed by atoms with E-state index in [1.54, 1.807) is 0 Å². The summed E-state index contributed by atoms with van der Waals surface area (Å²) in [5.74, 6) is -2.39. The number of ketones is 1. The van der Waals surface area contributed by atoms with E-state index in [4.69, 9.17) is 5.11 Å². The first-order valence-electron chi connectivity index (χ1n) is 6.05. The van der Waals surface area contributed by atoms with Crippen molar-refractivity contribution in [1.82, 2.24) is 5.32 Å². The average molecular weight is 241 g/mol. The molecule has 1 amide bonds. The van der Waals surface area contributed by atoms with Crippen LogP contribution in [0.4, 0.5) is 0 Å². The molecule has 0 aliphatic heterocycles. The summed E-state index contributed by atoms with van der Waals surface area (Å²) in [6.45, 7) is 1.29. The molecule has 0 bridgehead atoms. The molecule has 1 aliphatic rings. The Morgan fingerprint density at radius 3 is 2.29 bits per heavy atom. The maximum atomic E-state index is 11.4. The van der Waals surface area contributed by atoms with Crippen LogP contribution < -0.4 is 5.32 Å². The van der Waals surface area contributed by atoms with E-state index < -0.39 is 17.8 Å². The number of amides is 1. The quantitative estimate of drug-likeness (QED) is 0.706. The second-order valence-corrected chi connectivity index (χ2v) is 4.66. The molecule has 5 nitrogen and oxygen atoms in total. The molecule has 0 aromatic heterocycles. The smallest absolute Gasteiger partial charge is 0.374 e. The van der Waals surface area contributed by atoms with Crippen LogP contribution in [0.15, 0.2) is 0 Å². The van der Waals surface area contributed by atoms with Crippen LogP contribution >= 0.6 is 0 Å². The third-order valence-corrected chi connectivity index (χ3v) is 3.20. The average Bonchev–Trinajstić information content (AvgIpc) is 2.28. The van der Waals surface area contributed by atoms with Gasteiger partial charge < -0.3 is 10.4 Å². The molecule has 1 atom stereocenters. The fourth-order valence-electron chi connectivity index (χ4n) is 2.38. The number of Topliss-reactive ketones (excluding diaryl/α,β-unsaturated/α-hetero) is 1. The van der Waals surface area contributed by atoms with E-state index in [1.165, 1.54) is 13.3 Å². The molecule has 96 valence electrons. The van der Waals surface area contributed by atoms with Crippen LogP contribution in [0.1, 0.15) is 45.4 Å². The Bertz CT molecular complexity index is 308. The van der Waals surface area contributed by atoms with E-state index in [9.17, 15) is 14.4 Å². The zero-order valence-corrected chi connectivity index (χ0v) is 10.1. The standard InChI is InChI=1S/C12H19NO4/c1-8(14)13-10(11(15)12(16)17)7-9-5-3-2-4-6-9/h9-10H,2-7H2,1H3,(H,13,14)(H,16,17)/t10-/m0/s1. The highest BCUT2D eigenvalue weighted by Crippen LogP contribution is 2.27. The lowest BCUT2D eigenvalue weighted by Crippen LogP contribution is -2.44. The Morgan fingerprint density at radius 1 is 1.24 bits per heavy atom. The number of carbonyl (C=O) groups is 3. The molecule has 0 aromatic rings. The number of nitrogens with one attached hydrogen (secondary N) is 1. The van der Waals surface area contributed by atoms with Crippen LogP contribution in [0.25, 0.3) is 0 Å². The van der Waals surface area contributed by atoms with Gasteiger partial charge in [-0.15, -0.1) is 0 Å². The SMILES string of the molecule is CC(=O)N[C@@H](CC1CCCCC1)C(=O)C(=O)O. The van der Waals surface area contributed by atoms with Crippen molar-refractivity contribution < 1.29 is 19.5 Å². The van der Waals surface area contributed by atoms with Crippen LogP contribution in [0.5, 0.6) is 0 Å². The van der Waals surface area contributed by atoms with E-state index in [0.29, 0.717) is 12.3 Å². The lowest BCUT2D eigenvalue weighted by atomic mass is 9.84. The summed E-state index contributed by atoms with van der Waals surface area (Å²) in [4.78, 5) is 33.1. The lowest BCUT2D eigenvalue weighted by molar-refractivity contribution is -0.150. The third-order valence-electron chi connectivity index (χ3n) is 3.20. The number of hydrogen-bond acceptors (Lipinski definition) is 3. The molecule has 0 heterocycles. The monoisotopic (exact) mass is 241 g/mol. The lowest BCUT2D eigenvalue weighted by Gasteiger charge is -2.25. The highest BCUT2D eigenvalue weighted by Gasteiger charge is 2.28. The fourth-order valence-corrected chi connectivity index (χ4v) is 2.38. The fraction of sp³-hybridized carbons (Fsp3) is 0.750. The van der Waals surface area contributed by atoms with Crippen LogP contribution in [0, 0.1) is 5.92 Å². The molecule has 1 saturated carbocycles. The molecule has 0 spiro atoms. The summed E-state index contributed by atoms with van der Waals surface area (Å²) in [5.41, 5.74) is 0. The minimum Gasteiger partial charge on any atom is -0.475 e. The summed E-state index contributed by atoms with van der Waals surface area (Å²) >= 11 is 0. The Balaban J connectivity index is 2.58. The van der Waals surface area contributed by atoms with Crippen molar-refractivity contribution in [3.05, 3.63) is 0 Å². The van der Waals surface area contributed by atoms with Crippen molar-refractivity contribution in [3.8, 4) is 0 Å². The zero-order chi connectivity index (χ0) is 12.8. The molecule has 1 aliphatic carbocycles. The van der Waals surface area contributed by atoms with Gasteiger partial charge in [0.15, 0.2) is 0 Å². The minimum absolute atomic E-state index is 0.351. The molecular weight excluding hydrogens is 222 g/mol. The molecule has 5 heteroatoms. The number of aliphatic carboxylic acids is 1. The Kier molecular flexibility index (Phi) is 5.12. The molecule has 0 saturated heterocycles. The van der Waals surface area contributed by atoms with Crippen LogP contribution in [0.2, 0.25) is 0 Å². The van der Waals surface area contributed by atoms with Gasteiger partial charge in [0.2, 0.25) is 5.91 Å². The maximum Gasteiger partial charge on any atom is 0.374 e. The second-order valence-electron chi connectivity index (χ2n) is 4.66. The van der Waals surface area contributed by atoms with E-state index in [-0.39, 0.29) is 5.91 Å². The van der Waals surface area contributed by atoms with Gasteiger partial charge >= 0.3 is 5.97 Å². The number of rotatable bonds is 5. The predicted molar refractivity (Wildman–Crippen MR) is 61.4 cm³/mol. The van der Waals surface area contributed by atoms with Gasteiger partial charge in [0.1, 0.15) is 0 Å². The van der Waals surface area contributed by atoms with Gasteiger partial charge in [-0.25, -0.2) is 4.79 Å². The molecule has 1 fully saturated rings. The molecule has 0 radical (unpaired) electrons. The normalized spacial score (nSPS) is 18.4. The summed E-state index contributed by atoms with van der Waals surface area (Å²) in [6.07, 6.45) is 5.93. The van der Waals surface area contributed by atoms with Gasteiger partial charge in [0.25, 0.3) is 5.78 Å². The highest BCUT2D eigenvalue weighted by molar-refractivity contribution is 6.35. The van der Waals surface area contributed by atoms with Gasteiger partial charge in [-0.3, -0.25) is 9.59 Å². The maximum absolute atomic E-state index is 11.4. The van der Waals surface area contributed by atoms with Crippen molar-refractivity contribution in [3.63, 3.8) is 0 Å². The van der Waals surface area contributed by atoms with Gasteiger partial charge in [0, 0.05) is 6.92 Å². The summed E-state index contributed by atoms with van der Waals surface area (Å²) < 4.78 is 0. The third kappa shape index (κ3) is 4.54. The highest BCUT2D eigenvalue weighted by atomic mass is 16.4. The van der Waals surface area contributed by atoms with E-state index >= 15 is 0 Å². The van der Waals surface area contributed by atoms with Crippen molar-refractivity contribution in [2.45, 2.75) is 51.5 Å². The van der Waals surface area contributed by atoms with Crippen molar-refractivity contribution in [2.24, 2.45) is 5.92 Å². The van der Waals surface area contributed by atoms with E-state index in [2.05, 4.69) is 5.32 Å². The molecule has 0 unspecified atom stereocenters. The predicted octanol–water partition coefficient (Wildman–Crippen LogP) is 1.12.